The highest BCUT2D eigenvalue weighted by molar-refractivity contribution is 5.82. The van der Waals surface area contributed by atoms with Crippen LogP contribution in [0.3, 0.4) is 0 Å². The predicted octanol–water partition coefficient (Wildman–Crippen LogP) is 3.76. The lowest BCUT2D eigenvalue weighted by atomic mass is 10.0. The van der Waals surface area contributed by atoms with E-state index in [2.05, 4.69) is 10.3 Å². The maximum absolute atomic E-state index is 13.8. The number of ether oxygens (including phenoxy) is 1. The van der Waals surface area contributed by atoms with Gasteiger partial charge in [-0.05, 0) is 38.5 Å². The topological polar surface area (TPSA) is 103 Å². The Morgan fingerprint density at radius 1 is 1.22 bits per heavy atom. The maximum atomic E-state index is 13.8. The van der Waals surface area contributed by atoms with Gasteiger partial charge in [0.25, 0.3) is 0 Å². The summed E-state index contributed by atoms with van der Waals surface area (Å²) in [5.41, 5.74) is 13.4. The summed E-state index contributed by atoms with van der Waals surface area (Å²) < 4.78 is 18.8. The molecule has 1 heterocycles. The number of hydrogen-bond acceptors (Lipinski definition) is 5. The molecule has 0 fully saturated rings. The van der Waals surface area contributed by atoms with Gasteiger partial charge in [0.05, 0.1) is 11.3 Å². The second-order valence-corrected chi connectivity index (χ2v) is 6.28. The summed E-state index contributed by atoms with van der Waals surface area (Å²) >= 11 is 0. The van der Waals surface area contributed by atoms with Gasteiger partial charge in [-0.1, -0.05) is 26.0 Å². The highest BCUT2D eigenvalue weighted by Gasteiger charge is 2.09. The standard InChI is InChI=1S/C13H13FN4O.C5H12O.C2H6/c14-11-5-8(1-2-9(11)6-17-7-19)10-3-4-18-13(16)12(10)15;1-5(2,3)6-4;1-2/h1-5,7H,6,15H2,(H2,16,18)(H,17,19);1-4H3;1-2H3. The zero-order valence-electron chi connectivity index (χ0n) is 17.0. The molecule has 6 nitrogen and oxygen atoms in total. The molecule has 1 amide bonds. The van der Waals surface area contributed by atoms with Crippen LogP contribution in [0.4, 0.5) is 15.9 Å². The molecule has 0 spiro atoms. The highest BCUT2D eigenvalue weighted by Crippen LogP contribution is 2.29. The molecule has 150 valence electrons. The largest absolute Gasteiger partial charge is 0.395 e. The molecule has 5 N–H and O–H groups in total. The van der Waals surface area contributed by atoms with Gasteiger partial charge in [0.15, 0.2) is 0 Å². The number of hydrogen-bond donors (Lipinski definition) is 3. The molecule has 0 radical (unpaired) electrons. The summed E-state index contributed by atoms with van der Waals surface area (Å²) in [4.78, 5) is 14.0. The van der Waals surface area contributed by atoms with Gasteiger partial charge in [-0.3, -0.25) is 4.79 Å². The van der Waals surface area contributed by atoms with Gasteiger partial charge in [0.1, 0.15) is 11.6 Å². The van der Waals surface area contributed by atoms with E-state index < -0.39 is 5.82 Å². The van der Waals surface area contributed by atoms with Crippen LogP contribution < -0.4 is 16.8 Å². The van der Waals surface area contributed by atoms with E-state index in [4.69, 9.17) is 16.2 Å². The quantitative estimate of drug-likeness (QED) is 0.703. The third kappa shape index (κ3) is 8.50. The fourth-order valence-electron chi connectivity index (χ4n) is 1.75. The van der Waals surface area contributed by atoms with E-state index in [1.807, 2.05) is 34.6 Å². The normalized spacial score (nSPS) is 10.0. The van der Waals surface area contributed by atoms with Crippen LogP contribution in [-0.4, -0.2) is 24.1 Å². The Kier molecular flexibility index (Phi) is 10.7. The van der Waals surface area contributed by atoms with Crippen LogP contribution in [0.15, 0.2) is 30.5 Å². The first-order chi connectivity index (χ1) is 12.7. The Morgan fingerprint density at radius 3 is 2.30 bits per heavy atom. The van der Waals surface area contributed by atoms with Crippen LogP contribution in [0, 0.1) is 5.82 Å². The number of nitrogens with two attached hydrogens (primary N) is 2. The lowest BCUT2D eigenvalue weighted by Crippen LogP contribution is -2.15. The Balaban J connectivity index is 0.000000722. The van der Waals surface area contributed by atoms with Crippen molar-refractivity contribution in [3.63, 3.8) is 0 Å². The average molecular weight is 378 g/mol. The highest BCUT2D eigenvalue weighted by atomic mass is 19.1. The molecule has 0 saturated heterocycles. The van der Waals surface area contributed by atoms with Crippen molar-refractivity contribution in [3.8, 4) is 11.1 Å². The number of anilines is 2. The molecule has 2 rings (SSSR count). The van der Waals surface area contributed by atoms with Gasteiger partial charge in [0, 0.05) is 31.0 Å². The van der Waals surface area contributed by atoms with Crippen molar-refractivity contribution in [2.24, 2.45) is 0 Å². The number of amides is 1. The van der Waals surface area contributed by atoms with Crippen LogP contribution in [-0.2, 0) is 16.1 Å². The van der Waals surface area contributed by atoms with Crippen LogP contribution in [0.25, 0.3) is 11.1 Å². The fourth-order valence-corrected chi connectivity index (χ4v) is 1.75. The van der Waals surface area contributed by atoms with Crippen molar-refractivity contribution >= 4 is 17.9 Å². The number of carbonyl (C=O) groups excluding carboxylic acids is 1. The van der Waals surface area contributed by atoms with Gasteiger partial charge in [0.2, 0.25) is 6.41 Å². The lowest BCUT2D eigenvalue weighted by molar-refractivity contribution is -0.109. The fraction of sp³-hybridized carbons (Fsp3) is 0.400. The monoisotopic (exact) mass is 378 g/mol. The van der Waals surface area contributed by atoms with Gasteiger partial charge in [-0.15, -0.1) is 0 Å². The average Bonchev–Trinajstić information content (AvgIpc) is 2.64. The van der Waals surface area contributed by atoms with Crippen molar-refractivity contribution in [2.45, 2.75) is 46.8 Å². The van der Waals surface area contributed by atoms with E-state index >= 15 is 0 Å². The van der Waals surface area contributed by atoms with E-state index in [9.17, 15) is 9.18 Å². The molecule has 1 aromatic heterocycles. The molecule has 7 heteroatoms. The van der Waals surface area contributed by atoms with E-state index in [0.717, 1.165) is 0 Å². The van der Waals surface area contributed by atoms with Crippen molar-refractivity contribution in [1.29, 1.82) is 0 Å². The van der Waals surface area contributed by atoms with E-state index in [1.54, 1.807) is 25.3 Å². The summed E-state index contributed by atoms with van der Waals surface area (Å²) in [5, 5.41) is 2.41. The number of nitrogens with one attached hydrogen (secondary N) is 1. The number of benzene rings is 1. The van der Waals surface area contributed by atoms with E-state index in [0.29, 0.717) is 28.8 Å². The van der Waals surface area contributed by atoms with Gasteiger partial charge >= 0.3 is 0 Å². The van der Waals surface area contributed by atoms with Gasteiger partial charge in [-0.2, -0.15) is 0 Å². The summed E-state index contributed by atoms with van der Waals surface area (Å²) in [6, 6.07) is 6.34. The third-order valence-corrected chi connectivity index (χ3v) is 3.37. The molecule has 0 saturated carbocycles. The Labute approximate surface area is 161 Å². The van der Waals surface area contributed by atoms with Crippen LogP contribution in [0.1, 0.15) is 40.2 Å². The molecule has 0 aliphatic heterocycles. The maximum Gasteiger partial charge on any atom is 0.207 e. The van der Waals surface area contributed by atoms with Gasteiger partial charge < -0.3 is 21.5 Å². The van der Waals surface area contributed by atoms with Crippen molar-refractivity contribution < 1.29 is 13.9 Å². The third-order valence-electron chi connectivity index (χ3n) is 3.37. The molecule has 2 aromatic rings. The van der Waals surface area contributed by atoms with E-state index in [-0.39, 0.29) is 18.0 Å². The smallest absolute Gasteiger partial charge is 0.207 e. The zero-order chi connectivity index (χ0) is 21.0. The second kappa shape index (κ2) is 11.9. The summed E-state index contributed by atoms with van der Waals surface area (Å²) in [6.07, 6.45) is 2.04. The van der Waals surface area contributed by atoms with Crippen LogP contribution in [0.5, 0.6) is 0 Å². The number of nitrogen functional groups attached to an aromatic ring is 2. The molecule has 0 unspecified atom stereocenters. The molecule has 27 heavy (non-hydrogen) atoms. The molecule has 0 atom stereocenters. The Morgan fingerprint density at radius 2 is 1.81 bits per heavy atom. The number of halogens is 1. The van der Waals surface area contributed by atoms with E-state index in [1.165, 1.54) is 12.3 Å². The number of rotatable bonds is 4. The first kappa shape index (κ1) is 24.3. The molecule has 0 aliphatic rings. The second-order valence-electron chi connectivity index (χ2n) is 6.28. The van der Waals surface area contributed by atoms with Crippen molar-refractivity contribution in [1.82, 2.24) is 10.3 Å². The summed E-state index contributed by atoms with van der Waals surface area (Å²) in [6.45, 7) is 10.2. The van der Waals surface area contributed by atoms with Crippen molar-refractivity contribution in [2.75, 3.05) is 18.6 Å². The van der Waals surface area contributed by atoms with Crippen molar-refractivity contribution in [3.05, 3.63) is 41.8 Å². The van der Waals surface area contributed by atoms with Crippen LogP contribution >= 0.6 is 0 Å². The number of methoxy groups -OCH3 is 1. The minimum absolute atomic E-state index is 0.0417. The molecular formula is C20H31FN4O2. The molecule has 1 aromatic carbocycles. The Hall–Kier alpha value is -2.67. The van der Waals surface area contributed by atoms with Crippen LogP contribution in [0.2, 0.25) is 0 Å². The minimum atomic E-state index is -0.415. The lowest BCUT2D eigenvalue weighted by Gasteiger charge is -2.14. The summed E-state index contributed by atoms with van der Waals surface area (Å²) in [5.74, 6) is -0.203. The molecular weight excluding hydrogens is 347 g/mol. The molecule has 0 aliphatic carbocycles. The first-order valence-electron chi connectivity index (χ1n) is 8.70. The predicted molar refractivity (Wildman–Crippen MR) is 109 cm³/mol. The number of carbonyl (C=O) groups is 1. The number of nitrogens with zero attached hydrogens (tertiary/aromatic N) is 1. The number of pyridine rings is 1. The van der Waals surface area contributed by atoms with Gasteiger partial charge in [-0.25, -0.2) is 9.37 Å². The molecule has 0 bridgehead atoms. The Bertz CT molecular complexity index is 716. The first-order valence-corrected chi connectivity index (χ1v) is 8.70. The SMILES string of the molecule is CC.COC(C)(C)C.Nc1nccc(-c2ccc(CNC=O)c(F)c2)c1N. The minimum Gasteiger partial charge on any atom is -0.395 e. The zero-order valence-corrected chi connectivity index (χ0v) is 17.0. The summed E-state index contributed by atoms with van der Waals surface area (Å²) in [7, 11) is 1.71. The number of aromatic nitrogens is 1.